The Morgan fingerprint density at radius 1 is 1.53 bits per heavy atom. The first kappa shape index (κ1) is 13.5. The van der Waals surface area contributed by atoms with Gasteiger partial charge in [0.1, 0.15) is 5.82 Å². The number of benzene rings is 1. The highest BCUT2D eigenvalue weighted by Crippen LogP contribution is 2.15. The van der Waals surface area contributed by atoms with Crippen molar-refractivity contribution in [2.24, 2.45) is 0 Å². The maximum absolute atomic E-state index is 13.7. The lowest BCUT2D eigenvalue weighted by Crippen LogP contribution is -2.06. The third-order valence-corrected chi connectivity index (χ3v) is 3.04. The smallest absolute Gasteiger partial charge is 0.340 e. The summed E-state index contributed by atoms with van der Waals surface area (Å²) in [5.41, 5.74) is 1.32. The van der Waals surface area contributed by atoms with Gasteiger partial charge in [-0.05, 0) is 24.6 Å². The molecule has 4 nitrogen and oxygen atoms in total. The van der Waals surface area contributed by atoms with Crippen LogP contribution in [0.3, 0.4) is 0 Å². The summed E-state index contributed by atoms with van der Waals surface area (Å²) in [5, 5.41) is 4.74. The third kappa shape index (κ3) is 2.93. The van der Waals surface area contributed by atoms with E-state index in [2.05, 4.69) is 9.84 Å². The number of aryl methyl sites for hydroxylation is 1. The average Bonchev–Trinajstić information content (AvgIpc) is 2.67. The van der Waals surface area contributed by atoms with Gasteiger partial charge in [-0.2, -0.15) is 5.10 Å². The predicted molar refractivity (Wildman–Crippen MR) is 68.8 cm³/mol. The van der Waals surface area contributed by atoms with Crippen molar-refractivity contribution in [1.29, 1.82) is 0 Å². The fraction of sp³-hybridized carbons (Fsp3) is 0.231. The molecular formula is C13H12ClFN2O2. The van der Waals surface area contributed by atoms with Crippen LogP contribution in [0, 0.1) is 12.7 Å². The van der Waals surface area contributed by atoms with E-state index in [1.165, 1.54) is 19.2 Å². The molecule has 0 atom stereocenters. The molecule has 19 heavy (non-hydrogen) atoms. The van der Waals surface area contributed by atoms with Crippen molar-refractivity contribution in [3.63, 3.8) is 0 Å². The molecule has 1 aromatic heterocycles. The number of ether oxygens (including phenoxy) is 1. The Morgan fingerprint density at radius 2 is 2.26 bits per heavy atom. The SMILES string of the molecule is COC(=O)c1ccc(Cn2cc(Cl)c(C)n2)cc1F. The first-order valence-corrected chi connectivity index (χ1v) is 5.95. The number of esters is 1. The van der Waals surface area contributed by atoms with E-state index < -0.39 is 11.8 Å². The molecule has 0 N–H and O–H groups in total. The Bertz CT molecular complexity index is 606. The van der Waals surface area contributed by atoms with Crippen molar-refractivity contribution >= 4 is 17.6 Å². The lowest BCUT2D eigenvalue weighted by Gasteiger charge is -2.05. The molecule has 0 fully saturated rings. The standard InChI is InChI=1S/C13H12ClFN2O2/c1-8-11(14)7-17(16-8)6-9-3-4-10(12(15)5-9)13(18)19-2/h3-5,7H,6H2,1-2H3. The number of methoxy groups -OCH3 is 1. The van der Waals surface area contributed by atoms with Gasteiger partial charge in [0.15, 0.2) is 0 Å². The minimum atomic E-state index is -0.693. The number of hydrogen-bond donors (Lipinski definition) is 0. The average molecular weight is 283 g/mol. The minimum Gasteiger partial charge on any atom is -0.465 e. The van der Waals surface area contributed by atoms with Crippen molar-refractivity contribution < 1.29 is 13.9 Å². The maximum Gasteiger partial charge on any atom is 0.340 e. The molecule has 0 aliphatic rings. The van der Waals surface area contributed by atoms with Crippen LogP contribution < -0.4 is 0 Å². The van der Waals surface area contributed by atoms with Crippen LogP contribution in [-0.4, -0.2) is 22.9 Å². The molecule has 0 bridgehead atoms. The van der Waals surface area contributed by atoms with Gasteiger partial charge in [-0.15, -0.1) is 0 Å². The second kappa shape index (κ2) is 5.40. The number of halogens is 2. The predicted octanol–water partition coefficient (Wildman–Crippen LogP) is 2.82. The fourth-order valence-corrected chi connectivity index (χ4v) is 1.84. The van der Waals surface area contributed by atoms with E-state index in [-0.39, 0.29) is 5.56 Å². The molecule has 100 valence electrons. The summed E-state index contributed by atoms with van der Waals surface area (Å²) >= 11 is 5.89. The third-order valence-electron chi connectivity index (χ3n) is 2.67. The van der Waals surface area contributed by atoms with Crippen LogP contribution >= 0.6 is 11.6 Å². The van der Waals surface area contributed by atoms with Crippen molar-refractivity contribution in [1.82, 2.24) is 9.78 Å². The largest absolute Gasteiger partial charge is 0.465 e. The van der Waals surface area contributed by atoms with Crippen molar-refractivity contribution in [2.75, 3.05) is 7.11 Å². The number of rotatable bonds is 3. The van der Waals surface area contributed by atoms with Crippen LogP contribution in [0.2, 0.25) is 5.02 Å². The molecule has 2 aromatic rings. The van der Waals surface area contributed by atoms with Gasteiger partial charge in [0.05, 0.1) is 29.9 Å². The van der Waals surface area contributed by atoms with Gasteiger partial charge in [-0.25, -0.2) is 9.18 Å². The molecule has 0 saturated carbocycles. The molecular weight excluding hydrogens is 271 g/mol. The van der Waals surface area contributed by atoms with Gasteiger partial charge in [0.2, 0.25) is 0 Å². The van der Waals surface area contributed by atoms with Gasteiger partial charge in [0, 0.05) is 6.20 Å². The second-order valence-electron chi connectivity index (χ2n) is 4.07. The quantitative estimate of drug-likeness (QED) is 0.813. The molecule has 1 aromatic carbocycles. The Hall–Kier alpha value is -1.88. The minimum absolute atomic E-state index is 0.0825. The van der Waals surface area contributed by atoms with Crippen molar-refractivity contribution in [2.45, 2.75) is 13.5 Å². The molecule has 0 aliphatic heterocycles. The van der Waals surface area contributed by atoms with E-state index in [0.717, 1.165) is 0 Å². The lowest BCUT2D eigenvalue weighted by molar-refractivity contribution is 0.0595. The van der Waals surface area contributed by atoms with Gasteiger partial charge in [0.25, 0.3) is 0 Å². The van der Waals surface area contributed by atoms with Crippen LogP contribution in [-0.2, 0) is 11.3 Å². The summed E-state index contributed by atoms with van der Waals surface area (Å²) in [6, 6.07) is 4.34. The first-order valence-electron chi connectivity index (χ1n) is 5.57. The Kier molecular flexibility index (Phi) is 3.85. The summed E-state index contributed by atoms with van der Waals surface area (Å²) in [6.45, 7) is 2.17. The van der Waals surface area contributed by atoms with E-state index in [0.29, 0.717) is 22.8 Å². The zero-order chi connectivity index (χ0) is 14.0. The Morgan fingerprint density at radius 3 is 2.79 bits per heavy atom. The van der Waals surface area contributed by atoms with Gasteiger partial charge >= 0.3 is 5.97 Å². The Balaban J connectivity index is 2.23. The number of nitrogens with zero attached hydrogens (tertiary/aromatic N) is 2. The van der Waals surface area contributed by atoms with Crippen molar-refractivity contribution in [3.8, 4) is 0 Å². The molecule has 6 heteroatoms. The zero-order valence-corrected chi connectivity index (χ0v) is 11.2. The topological polar surface area (TPSA) is 44.1 Å². The normalized spacial score (nSPS) is 10.5. The van der Waals surface area contributed by atoms with E-state index in [9.17, 15) is 9.18 Å². The molecule has 0 amide bonds. The van der Waals surface area contributed by atoms with E-state index in [4.69, 9.17) is 11.6 Å². The van der Waals surface area contributed by atoms with Crippen LogP contribution in [0.5, 0.6) is 0 Å². The van der Waals surface area contributed by atoms with E-state index in [1.807, 2.05) is 0 Å². The zero-order valence-electron chi connectivity index (χ0n) is 10.5. The fourth-order valence-electron chi connectivity index (χ4n) is 1.69. The highest BCUT2D eigenvalue weighted by atomic mass is 35.5. The van der Waals surface area contributed by atoms with Gasteiger partial charge in [-0.3, -0.25) is 4.68 Å². The van der Waals surface area contributed by atoms with Crippen LogP contribution in [0.15, 0.2) is 24.4 Å². The monoisotopic (exact) mass is 282 g/mol. The number of hydrogen-bond acceptors (Lipinski definition) is 3. The maximum atomic E-state index is 13.7. The summed E-state index contributed by atoms with van der Waals surface area (Å²) in [4.78, 5) is 11.3. The molecule has 0 spiro atoms. The van der Waals surface area contributed by atoms with Gasteiger partial charge < -0.3 is 4.74 Å². The number of carbonyl (C=O) groups excluding carboxylic acids is 1. The number of carbonyl (C=O) groups is 1. The van der Waals surface area contributed by atoms with Crippen LogP contribution in [0.1, 0.15) is 21.6 Å². The summed E-state index contributed by atoms with van der Waals surface area (Å²) in [6.07, 6.45) is 1.67. The molecule has 2 rings (SSSR count). The van der Waals surface area contributed by atoms with Gasteiger partial charge in [-0.1, -0.05) is 17.7 Å². The van der Waals surface area contributed by atoms with Crippen LogP contribution in [0.25, 0.3) is 0 Å². The molecule has 0 saturated heterocycles. The van der Waals surface area contributed by atoms with E-state index in [1.54, 1.807) is 23.9 Å². The molecule has 0 unspecified atom stereocenters. The molecule has 0 radical (unpaired) electrons. The Labute approximate surface area is 114 Å². The summed E-state index contributed by atoms with van der Waals surface area (Å²) < 4.78 is 19.8. The van der Waals surface area contributed by atoms with Crippen molar-refractivity contribution in [3.05, 3.63) is 52.1 Å². The van der Waals surface area contributed by atoms with E-state index >= 15 is 0 Å². The molecule has 1 heterocycles. The summed E-state index contributed by atoms with van der Waals surface area (Å²) in [5.74, 6) is -1.30. The number of aromatic nitrogens is 2. The van der Waals surface area contributed by atoms with Crippen LogP contribution in [0.4, 0.5) is 4.39 Å². The lowest BCUT2D eigenvalue weighted by atomic mass is 10.1. The first-order chi connectivity index (χ1) is 9.01. The second-order valence-corrected chi connectivity index (χ2v) is 4.47. The summed E-state index contributed by atoms with van der Waals surface area (Å²) in [7, 11) is 1.21. The molecule has 0 aliphatic carbocycles. The highest BCUT2D eigenvalue weighted by Gasteiger charge is 2.12. The highest BCUT2D eigenvalue weighted by molar-refractivity contribution is 6.31.